The maximum Gasteiger partial charge on any atom is 0.303 e. The standard InChI is InChI=1S/C17H28N2O3/c1-12(20)19-11-13-5-3-9-18-10-4-6-14(17(13)18)15(19)7-2-8-16(21)22/h13-15,17H,2-11H2,1H3,(H,21,22)/t13-,14+,15-,17-/m0/s1. The van der Waals surface area contributed by atoms with Gasteiger partial charge >= 0.3 is 5.97 Å². The largest absolute Gasteiger partial charge is 0.481 e. The van der Waals surface area contributed by atoms with Crippen molar-refractivity contribution in [3.8, 4) is 0 Å². The fourth-order valence-corrected chi connectivity index (χ4v) is 5.19. The quantitative estimate of drug-likeness (QED) is 0.862. The molecule has 0 unspecified atom stereocenters. The Hall–Kier alpha value is -1.10. The van der Waals surface area contributed by atoms with Crippen LogP contribution < -0.4 is 0 Å². The second-order valence-electron chi connectivity index (χ2n) is 7.26. The molecule has 3 rings (SSSR count). The van der Waals surface area contributed by atoms with Gasteiger partial charge in [-0.25, -0.2) is 0 Å². The number of hydrogen-bond acceptors (Lipinski definition) is 3. The van der Waals surface area contributed by atoms with Crippen LogP contribution >= 0.6 is 0 Å². The van der Waals surface area contributed by atoms with Crippen molar-refractivity contribution in [1.29, 1.82) is 0 Å². The molecule has 3 fully saturated rings. The van der Waals surface area contributed by atoms with E-state index < -0.39 is 5.97 Å². The lowest BCUT2D eigenvalue weighted by molar-refractivity contribution is -0.144. The summed E-state index contributed by atoms with van der Waals surface area (Å²) in [6, 6.07) is 0.881. The molecule has 0 aliphatic carbocycles. The van der Waals surface area contributed by atoms with Crippen LogP contribution in [0.2, 0.25) is 0 Å². The van der Waals surface area contributed by atoms with Gasteiger partial charge in [0.05, 0.1) is 0 Å². The third kappa shape index (κ3) is 3.00. The van der Waals surface area contributed by atoms with Gasteiger partial charge in [0.1, 0.15) is 0 Å². The highest BCUT2D eigenvalue weighted by Crippen LogP contribution is 2.43. The molecule has 22 heavy (non-hydrogen) atoms. The molecule has 3 aliphatic rings. The predicted octanol–water partition coefficient (Wildman–Crippen LogP) is 1.96. The van der Waals surface area contributed by atoms with Gasteiger partial charge in [-0.2, -0.15) is 0 Å². The first-order chi connectivity index (χ1) is 10.6. The number of carboxylic acid groups (broad SMARTS) is 1. The Kier molecular flexibility index (Phi) is 4.71. The number of piperidine rings is 3. The van der Waals surface area contributed by atoms with E-state index in [1.807, 2.05) is 0 Å². The number of likely N-dealkylation sites (tertiary alicyclic amines) is 1. The first-order valence-electron chi connectivity index (χ1n) is 8.81. The minimum Gasteiger partial charge on any atom is -0.481 e. The monoisotopic (exact) mass is 308 g/mol. The highest BCUT2D eigenvalue weighted by atomic mass is 16.4. The molecule has 0 aromatic heterocycles. The number of hydrogen-bond donors (Lipinski definition) is 1. The summed E-state index contributed by atoms with van der Waals surface area (Å²) in [4.78, 5) is 27.7. The summed E-state index contributed by atoms with van der Waals surface area (Å²) < 4.78 is 0. The normalized spacial score (nSPS) is 35.0. The molecule has 0 aromatic carbocycles. The number of carboxylic acids is 1. The average Bonchev–Trinajstić information content (AvgIpc) is 2.49. The van der Waals surface area contributed by atoms with Crippen molar-refractivity contribution in [1.82, 2.24) is 9.80 Å². The topological polar surface area (TPSA) is 60.9 Å². The summed E-state index contributed by atoms with van der Waals surface area (Å²) in [5.41, 5.74) is 0. The van der Waals surface area contributed by atoms with Gasteiger partial charge in [-0.1, -0.05) is 0 Å². The maximum atomic E-state index is 12.1. The van der Waals surface area contributed by atoms with Crippen LogP contribution in [0.15, 0.2) is 0 Å². The highest BCUT2D eigenvalue weighted by molar-refractivity contribution is 5.74. The van der Waals surface area contributed by atoms with E-state index in [9.17, 15) is 9.59 Å². The second kappa shape index (κ2) is 6.57. The third-order valence-electron chi connectivity index (χ3n) is 5.97. The van der Waals surface area contributed by atoms with Crippen molar-refractivity contribution >= 4 is 11.9 Å². The lowest BCUT2D eigenvalue weighted by Crippen LogP contribution is -2.65. The zero-order chi connectivity index (χ0) is 15.7. The molecular weight excluding hydrogens is 280 g/mol. The molecule has 3 saturated heterocycles. The average molecular weight is 308 g/mol. The van der Waals surface area contributed by atoms with Crippen LogP contribution in [0.1, 0.15) is 51.9 Å². The van der Waals surface area contributed by atoms with Gasteiger partial charge in [0.2, 0.25) is 5.91 Å². The molecule has 0 saturated carbocycles. The summed E-state index contributed by atoms with van der Waals surface area (Å²) in [6.45, 7) is 4.97. The van der Waals surface area contributed by atoms with Gasteiger partial charge in [-0.3, -0.25) is 14.5 Å². The van der Waals surface area contributed by atoms with Crippen LogP contribution in [0.3, 0.4) is 0 Å². The number of nitrogens with zero attached hydrogens (tertiary/aromatic N) is 2. The van der Waals surface area contributed by atoms with Crippen LogP contribution in [0, 0.1) is 11.8 Å². The number of carbonyl (C=O) groups is 2. The molecule has 1 amide bonds. The molecule has 4 atom stereocenters. The molecule has 3 aliphatic heterocycles. The molecule has 0 radical (unpaired) electrons. The van der Waals surface area contributed by atoms with Gasteiger partial charge in [0.25, 0.3) is 0 Å². The lowest BCUT2D eigenvalue weighted by Gasteiger charge is -2.57. The zero-order valence-corrected chi connectivity index (χ0v) is 13.5. The van der Waals surface area contributed by atoms with Crippen LogP contribution in [-0.4, -0.2) is 58.5 Å². The Morgan fingerprint density at radius 1 is 1.18 bits per heavy atom. The van der Waals surface area contributed by atoms with E-state index >= 15 is 0 Å². The fourth-order valence-electron chi connectivity index (χ4n) is 5.19. The van der Waals surface area contributed by atoms with E-state index in [0.717, 1.165) is 13.0 Å². The van der Waals surface area contributed by atoms with Crippen LogP contribution in [-0.2, 0) is 9.59 Å². The Labute approximate surface area is 132 Å². The van der Waals surface area contributed by atoms with Crippen molar-refractivity contribution in [3.63, 3.8) is 0 Å². The molecule has 5 nitrogen and oxygen atoms in total. The van der Waals surface area contributed by atoms with Gasteiger partial charge < -0.3 is 10.0 Å². The molecule has 1 N–H and O–H groups in total. The Morgan fingerprint density at radius 3 is 2.59 bits per heavy atom. The number of amides is 1. The van der Waals surface area contributed by atoms with Crippen molar-refractivity contribution in [2.24, 2.45) is 11.8 Å². The number of rotatable bonds is 4. The van der Waals surface area contributed by atoms with Gasteiger partial charge in [0.15, 0.2) is 0 Å². The predicted molar refractivity (Wildman–Crippen MR) is 83.5 cm³/mol. The van der Waals surface area contributed by atoms with Crippen molar-refractivity contribution < 1.29 is 14.7 Å². The molecule has 3 heterocycles. The first kappa shape index (κ1) is 15.8. The molecule has 5 heteroatoms. The van der Waals surface area contributed by atoms with Gasteiger partial charge in [0, 0.05) is 32.0 Å². The Balaban J connectivity index is 1.77. The zero-order valence-electron chi connectivity index (χ0n) is 13.5. The molecule has 0 bridgehead atoms. The van der Waals surface area contributed by atoms with Crippen LogP contribution in [0.4, 0.5) is 0 Å². The molecule has 124 valence electrons. The van der Waals surface area contributed by atoms with Gasteiger partial charge in [-0.05, 0) is 63.5 Å². The minimum absolute atomic E-state index is 0.168. The fraction of sp³-hybridized carbons (Fsp3) is 0.882. The van der Waals surface area contributed by atoms with Crippen molar-refractivity contribution in [2.75, 3.05) is 19.6 Å². The first-order valence-corrected chi connectivity index (χ1v) is 8.81. The van der Waals surface area contributed by atoms with E-state index in [2.05, 4.69) is 9.80 Å². The number of aliphatic carboxylic acids is 1. The van der Waals surface area contributed by atoms with Gasteiger partial charge in [-0.15, -0.1) is 0 Å². The molecule has 0 spiro atoms. The van der Waals surface area contributed by atoms with E-state index in [1.54, 1.807) is 6.92 Å². The third-order valence-corrected chi connectivity index (χ3v) is 5.97. The van der Waals surface area contributed by atoms with Crippen LogP contribution in [0.5, 0.6) is 0 Å². The van der Waals surface area contributed by atoms with E-state index in [-0.39, 0.29) is 18.4 Å². The molecular formula is C17H28N2O3. The van der Waals surface area contributed by atoms with Crippen molar-refractivity contribution in [3.05, 3.63) is 0 Å². The summed E-state index contributed by atoms with van der Waals surface area (Å²) in [6.07, 6.45) is 6.64. The SMILES string of the molecule is CC(=O)N1C[C@@H]2CCCN3CCC[C@@H]([C@H]23)[C@@H]1CCCC(=O)O. The maximum absolute atomic E-state index is 12.1. The summed E-state index contributed by atoms with van der Waals surface area (Å²) >= 11 is 0. The number of carbonyl (C=O) groups excluding carboxylic acids is 1. The highest BCUT2D eigenvalue weighted by Gasteiger charge is 2.48. The van der Waals surface area contributed by atoms with E-state index in [0.29, 0.717) is 24.3 Å². The molecule has 0 aromatic rings. The van der Waals surface area contributed by atoms with Crippen LogP contribution in [0.25, 0.3) is 0 Å². The lowest BCUT2D eigenvalue weighted by atomic mass is 9.69. The Bertz CT molecular complexity index is 438. The smallest absolute Gasteiger partial charge is 0.303 e. The Morgan fingerprint density at radius 2 is 1.91 bits per heavy atom. The summed E-state index contributed by atoms with van der Waals surface area (Å²) in [5.74, 6) is 0.608. The minimum atomic E-state index is -0.731. The van der Waals surface area contributed by atoms with Crippen molar-refractivity contribution in [2.45, 2.75) is 64.0 Å². The summed E-state index contributed by atoms with van der Waals surface area (Å²) in [5, 5.41) is 8.89. The van der Waals surface area contributed by atoms with E-state index in [4.69, 9.17) is 5.11 Å². The second-order valence-corrected chi connectivity index (χ2v) is 7.26. The van der Waals surface area contributed by atoms with E-state index in [1.165, 1.54) is 38.8 Å². The summed E-state index contributed by atoms with van der Waals surface area (Å²) in [7, 11) is 0.